The molecule has 1 saturated carbocycles. The first-order valence-electron chi connectivity index (χ1n) is 8.45. The van der Waals surface area contributed by atoms with Crippen LogP contribution in [-0.4, -0.2) is 15.4 Å². The van der Waals surface area contributed by atoms with Gasteiger partial charge < -0.3 is 5.32 Å². The molecular weight excluding hydrogens is 274 g/mol. The van der Waals surface area contributed by atoms with Crippen LogP contribution in [0.5, 0.6) is 0 Å². The summed E-state index contributed by atoms with van der Waals surface area (Å²) in [7, 11) is 0. The zero-order valence-electron chi connectivity index (χ0n) is 13.3. The van der Waals surface area contributed by atoms with Gasteiger partial charge >= 0.3 is 0 Å². The summed E-state index contributed by atoms with van der Waals surface area (Å²) in [4.78, 5) is 16.8. The number of rotatable bonds is 3. The zero-order valence-corrected chi connectivity index (χ0v) is 13.3. The van der Waals surface area contributed by atoms with Gasteiger partial charge in [-0.15, -0.1) is 0 Å². The molecule has 1 fully saturated rings. The van der Waals surface area contributed by atoms with Gasteiger partial charge in [-0.05, 0) is 31.4 Å². The average molecular weight is 299 g/mol. The minimum atomic E-state index is 0.00293. The van der Waals surface area contributed by atoms with Gasteiger partial charge in [-0.3, -0.25) is 9.20 Å². The molecule has 0 atom stereocenters. The van der Waals surface area contributed by atoms with Crippen molar-refractivity contribution in [3.8, 4) is 0 Å². The van der Waals surface area contributed by atoms with Crippen molar-refractivity contribution in [2.75, 3.05) is 0 Å². The summed E-state index contributed by atoms with van der Waals surface area (Å²) in [6.45, 7) is 2.67. The first-order valence-corrected chi connectivity index (χ1v) is 8.45. The van der Waals surface area contributed by atoms with Crippen LogP contribution in [-0.2, 0) is 6.54 Å². The van der Waals surface area contributed by atoms with Crippen LogP contribution in [0.2, 0.25) is 0 Å². The number of nitrogens with one attached hydrogen (secondary N) is 1. The highest BCUT2D eigenvalue weighted by Gasteiger charge is 2.11. The smallest absolute Gasteiger partial charge is 0.258 e. The Labute approximate surface area is 131 Å². The predicted molar refractivity (Wildman–Crippen MR) is 89.1 cm³/mol. The van der Waals surface area contributed by atoms with E-state index >= 15 is 0 Å². The molecule has 4 nitrogen and oxygen atoms in total. The van der Waals surface area contributed by atoms with E-state index in [1.54, 1.807) is 10.5 Å². The van der Waals surface area contributed by atoms with Gasteiger partial charge in [-0.1, -0.05) is 38.2 Å². The molecule has 0 radical (unpaired) electrons. The lowest BCUT2D eigenvalue weighted by atomic mass is 9.97. The molecule has 118 valence electrons. The van der Waals surface area contributed by atoms with Gasteiger partial charge in [-0.2, -0.15) is 0 Å². The molecule has 0 bridgehead atoms. The normalized spacial score (nSPS) is 17.3. The number of pyridine rings is 1. The van der Waals surface area contributed by atoms with Crippen LogP contribution in [0.1, 0.15) is 56.2 Å². The molecule has 1 N–H and O–H groups in total. The van der Waals surface area contributed by atoms with Crippen LogP contribution < -0.4 is 10.9 Å². The van der Waals surface area contributed by atoms with E-state index in [4.69, 9.17) is 0 Å². The Bertz CT molecular complexity index is 684. The Hall–Kier alpha value is -1.68. The minimum Gasteiger partial charge on any atom is -0.308 e. The number of nitrogens with zero attached hydrogens (tertiary/aromatic N) is 2. The summed E-state index contributed by atoms with van der Waals surface area (Å²) in [5.74, 6) is 0. The van der Waals surface area contributed by atoms with Crippen LogP contribution in [0, 0.1) is 6.92 Å². The monoisotopic (exact) mass is 299 g/mol. The van der Waals surface area contributed by atoms with E-state index < -0.39 is 0 Å². The standard InChI is InChI=1S/C18H25N3O/c1-14-9-10-17-20-16(11-18(22)21(17)13-14)12-19-15-7-5-3-2-4-6-8-15/h9-11,13,15,19H,2-8,12H2,1H3. The molecule has 0 unspecified atom stereocenters. The van der Waals surface area contributed by atoms with Gasteiger partial charge in [0.2, 0.25) is 0 Å². The summed E-state index contributed by atoms with van der Waals surface area (Å²) >= 11 is 0. The zero-order chi connectivity index (χ0) is 15.4. The summed E-state index contributed by atoms with van der Waals surface area (Å²) in [5, 5.41) is 3.60. The summed E-state index contributed by atoms with van der Waals surface area (Å²) in [5.41, 5.74) is 2.64. The number of aryl methyl sites for hydroxylation is 1. The van der Waals surface area contributed by atoms with E-state index in [1.165, 1.54) is 44.9 Å². The van der Waals surface area contributed by atoms with Gasteiger partial charge in [0.25, 0.3) is 5.56 Å². The third kappa shape index (κ3) is 3.74. The van der Waals surface area contributed by atoms with Crippen molar-refractivity contribution >= 4 is 5.65 Å². The first kappa shape index (κ1) is 15.2. The van der Waals surface area contributed by atoms with E-state index in [9.17, 15) is 4.79 Å². The maximum absolute atomic E-state index is 12.2. The Balaban J connectivity index is 1.71. The van der Waals surface area contributed by atoms with Crippen LogP contribution in [0.15, 0.2) is 29.2 Å². The third-order valence-corrected chi connectivity index (χ3v) is 4.54. The number of hydrogen-bond acceptors (Lipinski definition) is 3. The van der Waals surface area contributed by atoms with Crippen molar-refractivity contribution < 1.29 is 0 Å². The van der Waals surface area contributed by atoms with Crippen LogP contribution in [0.3, 0.4) is 0 Å². The van der Waals surface area contributed by atoms with Gasteiger partial charge in [0.05, 0.1) is 5.69 Å². The number of aromatic nitrogens is 2. The minimum absolute atomic E-state index is 0.00293. The maximum Gasteiger partial charge on any atom is 0.258 e. The fourth-order valence-corrected chi connectivity index (χ4v) is 3.26. The van der Waals surface area contributed by atoms with Crippen LogP contribution in [0.25, 0.3) is 5.65 Å². The van der Waals surface area contributed by atoms with Gasteiger partial charge in [0, 0.05) is 24.8 Å². The highest BCUT2D eigenvalue weighted by molar-refractivity contribution is 5.39. The molecule has 0 aliphatic heterocycles. The van der Waals surface area contributed by atoms with E-state index in [2.05, 4.69) is 10.3 Å². The Kier molecular flexibility index (Phi) is 4.88. The Morgan fingerprint density at radius 1 is 1.18 bits per heavy atom. The van der Waals surface area contributed by atoms with Crippen molar-refractivity contribution in [2.45, 2.75) is 64.5 Å². The summed E-state index contributed by atoms with van der Waals surface area (Å²) in [6.07, 6.45) is 11.0. The topological polar surface area (TPSA) is 46.4 Å². The Morgan fingerprint density at radius 3 is 2.68 bits per heavy atom. The molecule has 2 heterocycles. The second-order valence-electron chi connectivity index (χ2n) is 6.44. The highest BCUT2D eigenvalue weighted by Crippen LogP contribution is 2.17. The fourth-order valence-electron chi connectivity index (χ4n) is 3.26. The van der Waals surface area contributed by atoms with E-state index in [1.807, 2.05) is 25.3 Å². The van der Waals surface area contributed by atoms with Gasteiger partial charge in [-0.25, -0.2) is 4.98 Å². The van der Waals surface area contributed by atoms with Crippen molar-refractivity contribution in [1.82, 2.24) is 14.7 Å². The molecule has 22 heavy (non-hydrogen) atoms. The van der Waals surface area contributed by atoms with Crippen molar-refractivity contribution in [2.24, 2.45) is 0 Å². The van der Waals surface area contributed by atoms with Gasteiger partial charge in [0.1, 0.15) is 5.65 Å². The molecule has 3 rings (SSSR count). The van der Waals surface area contributed by atoms with Crippen molar-refractivity contribution in [1.29, 1.82) is 0 Å². The van der Waals surface area contributed by atoms with Crippen LogP contribution in [0.4, 0.5) is 0 Å². The quantitative estimate of drug-likeness (QED) is 0.946. The van der Waals surface area contributed by atoms with E-state index in [0.29, 0.717) is 12.6 Å². The lowest BCUT2D eigenvalue weighted by Crippen LogP contribution is -2.30. The molecule has 2 aromatic heterocycles. The molecular formula is C18H25N3O. The predicted octanol–water partition coefficient (Wildman–Crippen LogP) is 3.21. The number of fused-ring (bicyclic) bond motifs is 1. The van der Waals surface area contributed by atoms with Gasteiger partial charge in [0.15, 0.2) is 0 Å². The van der Waals surface area contributed by atoms with Crippen LogP contribution >= 0.6 is 0 Å². The summed E-state index contributed by atoms with van der Waals surface area (Å²) in [6, 6.07) is 6.13. The largest absolute Gasteiger partial charge is 0.308 e. The molecule has 0 amide bonds. The SMILES string of the molecule is Cc1ccc2nc(CNC3CCCCCCC3)cc(=O)n2c1. The van der Waals surface area contributed by atoms with Crippen molar-refractivity contribution in [3.63, 3.8) is 0 Å². The molecule has 1 aliphatic carbocycles. The molecule has 2 aromatic rings. The second kappa shape index (κ2) is 7.05. The van der Waals surface area contributed by atoms with E-state index in [-0.39, 0.29) is 5.56 Å². The molecule has 4 heteroatoms. The second-order valence-corrected chi connectivity index (χ2v) is 6.44. The maximum atomic E-state index is 12.2. The molecule has 0 saturated heterocycles. The summed E-state index contributed by atoms with van der Waals surface area (Å²) < 4.78 is 1.62. The van der Waals surface area contributed by atoms with E-state index in [0.717, 1.165) is 16.9 Å². The average Bonchev–Trinajstić information content (AvgIpc) is 2.47. The first-order chi connectivity index (χ1) is 10.7. The molecule has 1 aliphatic rings. The third-order valence-electron chi connectivity index (χ3n) is 4.54. The number of hydrogen-bond donors (Lipinski definition) is 1. The van der Waals surface area contributed by atoms with Crippen molar-refractivity contribution in [3.05, 3.63) is 46.0 Å². The lowest BCUT2D eigenvalue weighted by Gasteiger charge is -2.20. The Morgan fingerprint density at radius 2 is 1.91 bits per heavy atom. The molecule has 0 spiro atoms. The fraction of sp³-hybridized carbons (Fsp3) is 0.556. The molecule has 0 aromatic carbocycles. The lowest BCUT2D eigenvalue weighted by molar-refractivity contribution is 0.387. The highest BCUT2D eigenvalue weighted by atomic mass is 16.1.